The van der Waals surface area contributed by atoms with E-state index in [9.17, 15) is 16.8 Å². The first-order chi connectivity index (χ1) is 9.26. The highest BCUT2D eigenvalue weighted by molar-refractivity contribution is 7.92. The highest BCUT2D eigenvalue weighted by Gasteiger charge is 2.37. The van der Waals surface area contributed by atoms with Crippen LogP contribution in [0.2, 0.25) is 0 Å². The Morgan fingerprint density at radius 2 is 1.60 bits per heavy atom. The van der Waals surface area contributed by atoms with Crippen LogP contribution in [0, 0.1) is 5.92 Å². The predicted octanol–water partition coefficient (Wildman–Crippen LogP) is 0.991. The van der Waals surface area contributed by atoms with Gasteiger partial charge in [-0.15, -0.1) is 0 Å². The zero-order valence-electron chi connectivity index (χ0n) is 11.3. The maximum atomic E-state index is 12.6. The predicted molar refractivity (Wildman–Crippen MR) is 76.9 cm³/mol. The summed E-state index contributed by atoms with van der Waals surface area (Å²) in [6.07, 6.45) is 3.42. The fourth-order valence-electron chi connectivity index (χ4n) is 2.73. The Labute approximate surface area is 120 Å². The molecule has 1 saturated carbocycles. The van der Waals surface area contributed by atoms with Gasteiger partial charge in [0.05, 0.1) is 15.0 Å². The molecule has 2 atom stereocenters. The normalized spacial score (nSPS) is 23.9. The molecule has 0 saturated heterocycles. The van der Waals surface area contributed by atoms with E-state index in [1.54, 1.807) is 0 Å². The molecule has 1 aromatic rings. The van der Waals surface area contributed by atoms with Gasteiger partial charge in [-0.2, -0.15) is 0 Å². The molecule has 1 fully saturated rings. The summed E-state index contributed by atoms with van der Waals surface area (Å²) in [7, 11) is -6.75. The number of nitrogens with two attached hydrogens (primary N) is 1. The second-order valence-corrected chi connectivity index (χ2v) is 9.44. The lowest BCUT2D eigenvalue weighted by atomic mass is 10.1. The van der Waals surface area contributed by atoms with Crippen molar-refractivity contribution in [1.82, 2.24) is 0 Å². The molecule has 5 nitrogen and oxygen atoms in total. The standard InChI is InChI=1S/C13H19NO4S2/c1-19(15,16)11-5-7-12(8-6-11)20(17,18)13-4-2-3-10(13)9-14/h5-8,10,13H,2-4,9,14H2,1H3. The Kier molecular flexibility index (Phi) is 4.22. The third-order valence-electron chi connectivity index (χ3n) is 3.87. The van der Waals surface area contributed by atoms with Crippen molar-refractivity contribution in [1.29, 1.82) is 0 Å². The quantitative estimate of drug-likeness (QED) is 0.893. The second kappa shape index (κ2) is 5.46. The van der Waals surface area contributed by atoms with E-state index in [1.165, 1.54) is 24.3 Å². The summed E-state index contributed by atoms with van der Waals surface area (Å²) >= 11 is 0. The van der Waals surface area contributed by atoms with Gasteiger partial charge in [-0.05, 0) is 49.6 Å². The molecule has 0 radical (unpaired) electrons. The van der Waals surface area contributed by atoms with Crippen molar-refractivity contribution in [3.8, 4) is 0 Å². The average molecular weight is 317 g/mol. The number of benzene rings is 1. The maximum absolute atomic E-state index is 12.6. The molecule has 0 amide bonds. The molecule has 0 heterocycles. The highest BCUT2D eigenvalue weighted by atomic mass is 32.2. The fraction of sp³-hybridized carbons (Fsp3) is 0.538. The second-order valence-electron chi connectivity index (χ2n) is 5.25. The van der Waals surface area contributed by atoms with Gasteiger partial charge in [0, 0.05) is 6.26 Å². The van der Waals surface area contributed by atoms with Gasteiger partial charge in [-0.3, -0.25) is 0 Å². The lowest BCUT2D eigenvalue weighted by Crippen LogP contribution is -2.30. The van der Waals surface area contributed by atoms with Crippen molar-refractivity contribution in [2.45, 2.75) is 34.3 Å². The van der Waals surface area contributed by atoms with Gasteiger partial charge in [0.15, 0.2) is 19.7 Å². The Morgan fingerprint density at radius 1 is 1.05 bits per heavy atom. The van der Waals surface area contributed by atoms with Crippen LogP contribution in [0.15, 0.2) is 34.1 Å². The molecule has 0 spiro atoms. The lowest BCUT2D eigenvalue weighted by Gasteiger charge is -2.18. The summed E-state index contributed by atoms with van der Waals surface area (Å²) in [4.78, 5) is 0.300. The number of sulfone groups is 2. The lowest BCUT2D eigenvalue weighted by molar-refractivity contribution is 0.523. The molecule has 112 valence electrons. The molecular weight excluding hydrogens is 298 g/mol. The Bertz CT molecular complexity index is 678. The van der Waals surface area contributed by atoms with E-state index in [4.69, 9.17) is 5.73 Å². The van der Waals surface area contributed by atoms with Crippen LogP contribution >= 0.6 is 0 Å². The van der Waals surface area contributed by atoms with Crippen LogP contribution in [0.5, 0.6) is 0 Å². The molecular formula is C13H19NO4S2. The number of hydrogen-bond acceptors (Lipinski definition) is 5. The van der Waals surface area contributed by atoms with Crippen LogP contribution < -0.4 is 5.73 Å². The minimum absolute atomic E-state index is 0.00501. The fourth-order valence-corrected chi connectivity index (χ4v) is 5.46. The summed E-state index contributed by atoms with van der Waals surface area (Å²) in [5.74, 6) is -0.00501. The van der Waals surface area contributed by atoms with Crippen LogP contribution in [0.1, 0.15) is 19.3 Å². The Morgan fingerprint density at radius 3 is 2.10 bits per heavy atom. The topological polar surface area (TPSA) is 94.3 Å². The van der Waals surface area contributed by atoms with Crippen molar-refractivity contribution < 1.29 is 16.8 Å². The summed E-state index contributed by atoms with van der Waals surface area (Å²) in [6, 6.07) is 5.43. The van der Waals surface area contributed by atoms with Crippen LogP contribution in [0.25, 0.3) is 0 Å². The Balaban J connectivity index is 2.35. The van der Waals surface area contributed by atoms with Gasteiger partial charge in [0.25, 0.3) is 0 Å². The summed E-state index contributed by atoms with van der Waals surface area (Å²) in [5.41, 5.74) is 5.64. The molecule has 0 aromatic heterocycles. The van der Waals surface area contributed by atoms with E-state index in [2.05, 4.69) is 0 Å². The van der Waals surface area contributed by atoms with Crippen LogP contribution in [0.3, 0.4) is 0 Å². The molecule has 7 heteroatoms. The first-order valence-corrected chi connectivity index (χ1v) is 9.94. The van der Waals surface area contributed by atoms with Gasteiger partial charge in [-0.25, -0.2) is 16.8 Å². The third-order valence-corrected chi connectivity index (χ3v) is 7.35. The molecule has 0 bridgehead atoms. The molecule has 2 rings (SSSR count). The van der Waals surface area contributed by atoms with Crippen molar-refractivity contribution in [3.05, 3.63) is 24.3 Å². The van der Waals surface area contributed by atoms with Crippen molar-refractivity contribution in [3.63, 3.8) is 0 Å². The van der Waals surface area contributed by atoms with E-state index in [0.29, 0.717) is 13.0 Å². The zero-order valence-corrected chi connectivity index (χ0v) is 13.0. The largest absolute Gasteiger partial charge is 0.330 e. The molecule has 1 aliphatic carbocycles. The third kappa shape index (κ3) is 2.89. The van der Waals surface area contributed by atoms with Crippen molar-refractivity contribution in [2.24, 2.45) is 11.7 Å². The SMILES string of the molecule is CS(=O)(=O)c1ccc(S(=O)(=O)C2CCCC2CN)cc1. The van der Waals surface area contributed by atoms with Gasteiger partial charge < -0.3 is 5.73 Å². The maximum Gasteiger partial charge on any atom is 0.181 e. The molecule has 0 aliphatic heterocycles. The molecule has 2 N–H and O–H groups in total. The van der Waals surface area contributed by atoms with Crippen LogP contribution in [0.4, 0.5) is 0 Å². The monoisotopic (exact) mass is 317 g/mol. The number of hydrogen-bond donors (Lipinski definition) is 1. The van der Waals surface area contributed by atoms with Crippen molar-refractivity contribution >= 4 is 19.7 Å². The van der Waals surface area contributed by atoms with Gasteiger partial charge in [-0.1, -0.05) is 6.42 Å². The van der Waals surface area contributed by atoms with Gasteiger partial charge >= 0.3 is 0 Å². The minimum atomic E-state index is -3.44. The molecule has 2 unspecified atom stereocenters. The zero-order chi connectivity index (χ0) is 15.0. The molecule has 1 aromatic carbocycles. The van der Waals surface area contributed by atoms with E-state index in [0.717, 1.165) is 19.1 Å². The van der Waals surface area contributed by atoms with E-state index < -0.39 is 24.9 Å². The van der Waals surface area contributed by atoms with Gasteiger partial charge in [0.2, 0.25) is 0 Å². The smallest absolute Gasteiger partial charge is 0.181 e. The van der Waals surface area contributed by atoms with Crippen LogP contribution in [-0.2, 0) is 19.7 Å². The average Bonchev–Trinajstić information content (AvgIpc) is 2.87. The van der Waals surface area contributed by atoms with Crippen molar-refractivity contribution in [2.75, 3.05) is 12.8 Å². The van der Waals surface area contributed by atoms with E-state index in [-0.39, 0.29) is 15.7 Å². The summed E-state index contributed by atoms with van der Waals surface area (Å²) in [5, 5.41) is -0.448. The number of rotatable bonds is 4. The summed E-state index contributed by atoms with van der Waals surface area (Å²) in [6.45, 7) is 0.366. The minimum Gasteiger partial charge on any atom is -0.330 e. The molecule has 20 heavy (non-hydrogen) atoms. The van der Waals surface area contributed by atoms with Gasteiger partial charge in [0.1, 0.15) is 0 Å². The highest BCUT2D eigenvalue weighted by Crippen LogP contribution is 2.34. The van der Waals surface area contributed by atoms with E-state index >= 15 is 0 Å². The first kappa shape index (κ1) is 15.5. The first-order valence-electron chi connectivity index (χ1n) is 6.51. The van der Waals surface area contributed by atoms with Crippen LogP contribution in [-0.4, -0.2) is 34.9 Å². The molecule has 1 aliphatic rings. The summed E-state index contributed by atoms with van der Waals surface area (Å²) < 4.78 is 47.9. The van der Waals surface area contributed by atoms with E-state index in [1.807, 2.05) is 0 Å². The Hall–Kier alpha value is -0.920.